The molecule has 0 N–H and O–H groups in total. The van der Waals surface area contributed by atoms with E-state index in [4.69, 9.17) is 21.3 Å². The summed E-state index contributed by atoms with van der Waals surface area (Å²) in [5.74, 6) is 0.669. The van der Waals surface area contributed by atoms with Gasteiger partial charge in [0.2, 0.25) is 0 Å². The molecule has 0 radical (unpaired) electrons. The number of aromatic nitrogens is 2. The molecule has 2 heterocycles. The van der Waals surface area contributed by atoms with Crippen LogP contribution < -0.4 is 4.74 Å². The Morgan fingerprint density at radius 2 is 1.73 bits per heavy atom. The number of benzene rings is 2. The van der Waals surface area contributed by atoms with Crippen molar-refractivity contribution in [3.8, 4) is 27.4 Å². The molecule has 0 saturated heterocycles. The number of hydrogen-bond acceptors (Lipinski definition) is 6. The zero-order valence-electron chi connectivity index (χ0n) is 15.9. The molecular formula is C22H17ClN2O3S2. The molecule has 0 spiro atoms. The van der Waals surface area contributed by atoms with Crippen molar-refractivity contribution >= 4 is 32.8 Å². The van der Waals surface area contributed by atoms with E-state index < -0.39 is 9.84 Å². The first kappa shape index (κ1) is 20.5. The molecule has 0 bridgehead atoms. The fourth-order valence-corrected chi connectivity index (χ4v) is 4.70. The third kappa shape index (κ3) is 4.70. The van der Waals surface area contributed by atoms with E-state index in [0.717, 1.165) is 26.7 Å². The number of pyridine rings is 1. The molecule has 2 aromatic carbocycles. The highest BCUT2D eigenvalue weighted by Gasteiger charge is 2.16. The second kappa shape index (κ2) is 8.55. The normalized spacial score (nSPS) is 11.4. The zero-order chi connectivity index (χ0) is 21.1. The summed E-state index contributed by atoms with van der Waals surface area (Å²) in [5.41, 5.74) is 2.62. The molecule has 2 aromatic heterocycles. The highest BCUT2D eigenvalue weighted by molar-refractivity contribution is 7.90. The minimum Gasteiger partial charge on any atom is -0.486 e. The van der Waals surface area contributed by atoms with Crippen molar-refractivity contribution in [2.45, 2.75) is 11.5 Å². The van der Waals surface area contributed by atoms with Gasteiger partial charge in [0.15, 0.2) is 9.84 Å². The Labute approximate surface area is 183 Å². The Bertz CT molecular complexity index is 1270. The van der Waals surface area contributed by atoms with E-state index in [9.17, 15) is 8.42 Å². The van der Waals surface area contributed by atoms with Crippen molar-refractivity contribution in [2.24, 2.45) is 0 Å². The van der Waals surface area contributed by atoms with Gasteiger partial charge in [0, 0.05) is 29.2 Å². The molecule has 0 fully saturated rings. The van der Waals surface area contributed by atoms with Crippen LogP contribution in [0.3, 0.4) is 0 Å². The van der Waals surface area contributed by atoms with Crippen molar-refractivity contribution in [2.75, 3.05) is 6.26 Å². The molecule has 30 heavy (non-hydrogen) atoms. The summed E-state index contributed by atoms with van der Waals surface area (Å²) in [6, 6.07) is 17.8. The number of halogens is 1. The van der Waals surface area contributed by atoms with Crippen molar-refractivity contribution in [1.29, 1.82) is 0 Å². The first-order valence-corrected chi connectivity index (χ1v) is 12.1. The van der Waals surface area contributed by atoms with Gasteiger partial charge in [-0.15, -0.1) is 11.3 Å². The molecule has 0 amide bonds. The van der Waals surface area contributed by atoms with Crippen LogP contribution in [0.2, 0.25) is 5.02 Å². The van der Waals surface area contributed by atoms with Crippen molar-refractivity contribution in [1.82, 2.24) is 9.97 Å². The molecular weight excluding hydrogens is 440 g/mol. The van der Waals surface area contributed by atoms with Gasteiger partial charge in [0.1, 0.15) is 17.4 Å². The molecule has 0 unspecified atom stereocenters. The quantitative estimate of drug-likeness (QED) is 0.382. The standard InChI is InChI=1S/C22H17ClN2O3S2/c1-30(26,27)19-7-5-16(6-8-19)22-21(15-9-11-24-12-10-15)25-20(29-22)14-28-18-4-2-3-17(23)13-18/h2-13H,14H2,1H3. The van der Waals surface area contributed by atoms with Gasteiger partial charge in [-0.25, -0.2) is 13.4 Å². The fraction of sp³-hybridized carbons (Fsp3) is 0.0909. The number of hydrogen-bond donors (Lipinski definition) is 0. The van der Waals surface area contributed by atoms with Crippen molar-refractivity contribution < 1.29 is 13.2 Å². The highest BCUT2D eigenvalue weighted by atomic mass is 35.5. The van der Waals surface area contributed by atoms with Crippen LogP contribution in [-0.2, 0) is 16.4 Å². The molecule has 5 nitrogen and oxygen atoms in total. The Kier molecular flexibility index (Phi) is 5.85. The maximum Gasteiger partial charge on any atom is 0.175 e. The minimum atomic E-state index is -3.25. The molecule has 0 aliphatic heterocycles. The van der Waals surface area contributed by atoms with E-state index in [-0.39, 0.29) is 4.90 Å². The maximum absolute atomic E-state index is 11.8. The third-order valence-corrected chi connectivity index (χ3v) is 6.77. The van der Waals surface area contributed by atoms with Gasteiger partial charge < -0.3 is 4.74 Å². The van der Waals surface area contributed by atoms with Crippen LogP contribution in [0.5, 0.6) is 5.75 Å². The molecule has 4 rings (SSSR count). The van der Waals surface area contributed by atoms with E-state index in [1.807, 2.05) is 24.3 Å². The molecule has 0 saturated carbocycles. The molecule has 8 heteroatoms. The van der Waals surface area contributed by atoms with Crippen LogP contribution in [-0.4, -0.2) is 24.6 Å². The summed E-state index contributed by atoms with van der Waals surface area (Å²) in [5, 5.41) is 1.40. The lowest BCUT2D eigenvalue weighted by molar-refractivity contribution is 0.305. The van der Waals surface area contributed by atoms with Crippen LogP contribution in [0.1, 0.15) is 5.01 Å². The minimum absolute atomic E-state index is 0.283. The number of nitrogens with zero attached hydrogens (tertiary/aromatic N) is 2. The Morgan fingerprint density at radius 3 is 2.40 bits per heavy atom. The summed E-state index contributed by atoms with van der Waals surface area (Å²) in [6.45, 7) is 0.296. The van der Waals surface area contributed by atoms with Crippen LogP contribution in [0.15, 0.2) is 78.0 Å². The molecule has 0 atom stereocenters. The summed E-state index contributed by atoms with van der Waals surface area (Å²) in [6.07, 6.45) is 4.63. The van der Waals surface area contributed by atoms with Gasteiger partial charge >= 0.3 is 0 Å². The van der Waals surface area contributed by atoms with Gasteiger partial charge in [0.25, 0.3) is 0 Å². The number of rotatable bonds is 6. The van der Waals surface area contributed by atoms with Gasteiger partial charge in [-0.3, -0.25) is 4.98 Å². The predicted octanol–water partition coefficient (Wildman–Crippen LogP) is 5.51. The van der Waals surface area contributed by atoms with Crippen LogP contribution in [0.25, 0.3) is 21.7 Å². The first-order chi connectivity index (χ1) is 14.4. The summed E-state index contributed by atoms with van der Waals surface area (Å²) < 4.78 is 29.4. The molecule has 4 aromatic rings. The van der Waals surface area contributed by atoms with E-state index in [1.165, 1.54) is 17.6 Å². The average molecular weight is 457 g/mol. The van der Waals surface area contributed by atoms with Gasteiger partial charge in [-0.1, -0.05) is 29.8 Å². The van der Waals surface area contributed by atoms with Gasteiger partial charge in [0.05, 0.1) is 15.5 Å². The number of sulfone groups is 1. The lowest BCUT2D eigenvalue weighted by Crippen LogP contribution is -1.96. The Morgan fingerprint density at radius 1 is 1.00 bits per heavy atom. The van der Waals surface area contributed by atoms with E-state index in [0.29, 0.717) is 17.4 Å². The molecule has 0 aliphatic carbocycles. The van der Waals surface area contributed by atoms with Crippen LogP contribution in [0, 0.1) is 0 Å². The lowest BCUT2D eigenvalue weighted by Gasteiger charge is -2.04. The largest absolute Gasteiger partial charge is 0.486 e. The highest BCUT2D eigenvalue weighted by Crippen LogP contribution is 2.37. The van der Waals surface area contributed by atoms with E-state index in [2.05, 4.69) is 4.98 Å². The van der Waals surface area contributed by atoms with Gasteiger partial charge in [-0.2, -0.15) is 0 Å². The monoisotopic (exact) mass is 456 g/mol. The topological polar surface area (TPSA) is 69.2 Å². The molecule has 152 valence electrons. The van der Waals surface area contributed by atoms with Crippen LogP contribution in [0.4, 0.5) is 0 Å². The van der Waals surface area contributed by atoms with Gasteiger partial charge in [-0.05, 0) is 48.0 Å². The number of ether oxygens (including phenoxy) is 1. The Hall–Kier alpha value is -2.74. The average Bonchev–Trinajstić information content (AvgIpc) is 3.17. The zero-order valence-corrected chi connectivity index (χ0v) is 18.3. The van der Waals surface area contributed by atoms with Crippen LogP contribution >= 0.6 is 22.9 Å². The maximum atomic E-state index is 11.8. The third-order valence-electron chi connectivity index (χ3n) is 4.33. The Balaban J connectivity index is 1.69. The molecule has 0 aliphatic rings. The lowest BCUT2D eigenvalue weighted by atomic mass is 10.1. The summed E-state index contributed by atoms with van der Waals surface area (Å²) in [4.78, 5) is 10.1. The van der Waals surface area contributed by atoms with Crippen molar-refractivity contribution in [3.05, 3.63) is 83.1 Å². The fourth-order valence-electron chi connectivity index (χ4n) is 2.88. The first-order valence-electron chi connectivity index (χ1n) is 8.99. The summed E-state index contributed by atoms with van der Waals surface area (Å²) in [7, 11) is -3.25. The second-order valence-electron chi connectivity index (χ2n) is 6.56. The van der Waals surface area contributed by atoms with Crippen molar-refractivity contribution in [3.63, 3.8) is 0 Å². The summed E-state index contributed by atoms with van der Waals surface area (Å²) >= 11 is 7.52. The van der Waals surface area contributed by atoms with E-state index >= 15 is 0 Å². The smallest absolute Gasteiger partial charge is 0.175 e. The SMILES string of the molecule is CS(=O)(=O)c1ccc(-c2sc(COc3cccc(Cl)c3)nc2-c2ccncc2)cc1. The predicted molar refractivity (Wildman–Crippen MR) is 120 cm³/mol. The second-order valence-corrected chi connectivity index (χ2v) is 10.1. The van der Waals surface area contributed by atoms with E-state index in [1.54, 1.807) is 48.8 Å². The number of thiazole rings is 1.